The molecule has 5 heteroatoms. The number of rotatable bonds is 7. The molecular formula is C12H20BrN3O. The van der Waals surface area contributed by atoms with E-state index in [2.05, 4.69) is 45.1 Å². The van der Waals surface area contributed by atoms with Gasteiger partial charge in [-0.15, -0.1) is 0 Å². The van der Waals surface area contributed by atoms with Crippen molar-refractivity contribution in [2.45, 2.75) is 32.6 Å². The molecule has 96 valence electrons. The van der Waals surface area contributed by atoms with Crippen molar-refractivity contribution in [3.05, 3.63) is 16.5 Å². The second-order valence-electron chi connectivity index (χ2n) is 4.22. The molecule has 0 saturated heterocycles. The predicted octanol–water partition coefficient (Wildman–Crippen LogP) is 3.20. The lowest BCUT2D eigenvalue weighted by Crippen LogP contribution is -2.07. The average molecular weight is 302 g/mol. The smallest absolute Gasteiger partial charge is 0.134 e. The normalized spacial score (nSPS) is 10.9. The van der Waals surface area contributed by atoms with Crippen LogP contribution in [-0.2, 0) is 4.74 Å². The van der Waals surface area contributed by atoms with Gasteiger partial charge in [0.25, 0.3) is 0 Å². The second-order valence-corrected chi connectivity index (χ2v) is 5.03. The van der Waals surface area contributed by atoms with Gasteiger partial charge < -0.3 is 10.1 Å². The summed E-state index contributed by atoms with van der Waals surface area (Å²) in [6.07, 6.45) is 2.14. The first-order valence-corrected chi connectivity index (χ1v) is 6.70. The lowest BCUT2D eigenvalue weighted by atomic mass is 10.2. The molecule has 0 unspecified atom stereocenters. The van der Waals surface area contributed by atoms with Crippen LogP contribution in [0.3, 0.4) is 0 Å². The van der Waals surface area contributed by atoms with E-state index >= 15 is 0 Å². The van der Waals surface area contributed by atoms with Crippen molar-refractivity contribution in [3.63, 3.8) is 0 Å². The molecule has 0 radical (unpaired) electrons. The van der Waals surface area contributed by atoms with E-state index in [-0.39, 0.29) is 0 Å². The number of nitrogens with one attached hydrogen (secondary N) is 1. The van der Waals surface area contributed by atoms with Gasteiger partial charge in [0.1, 0.15) is 16.2 Å². The van der Waals surface area contributed by atoms with Gasteiger partial charge in [-0.3, -0.25) is 0 Å². The highest BCUT2D eigenvalue weighted by Gasteiger charge is 2.06. The monoisotopic (exact) mass is 301 g/mol. The molecule has 0 fully saturated rings. The Morgan fingerprint density at radius 1 is 1.35 bits per heavy atom. The molecule has 0 saturated carbocycles. The number of hydrogen-bond acceptors (Lipinski definition) is 4. The fraction of sp³-hybridized carbons (Fsp3) is 0.667. The lowest BCUT2D eigenvalue weighted by Gasteiger charge is -2.09. The molecule has 1 rings (SSSR count). The maximum Gasteiger partial charge on any atom is 0.134 e. The van der Waals surface area contributed by atoms with E-state index in [1.165, 1.54) is 0 Å². The highest BCUT2D eigenvalue weighted by atomic mass is 79.9. The van der Waals surface area contributed by atoms with Gasteiger partial charge in [-0.25, -0.2) is 9.97 Å². The maximum atomic E-state index is 5.00. The number of ether oxygens (including phenoxy) is 1. The van der Waals surface area contributed by atoms with Gasteiger partial charge in [0, 0.05) is 32.2 Å². The van der Waals surface area contributed by atoms with Crippen LogP contribution >= 0.6 is 15.9 Å². The Hall–Kier alpha value is -0.680. The molecule has 1 aromatic heterocycles. The highest BCUT2D eigenvalue weighted by molar-refractivity contribution is 9.10. The lowest BCUT2D eigenvalue weighted by molar-refractivity contribution is 0.194. The summed E-state index contributed by atoms with van der Waals surface area (Å²) in [5.74, 6) is 2.08. The van der Waals surface area contributed by atoms with Crippen molar-refractivity contribution in [1.29, 1.82) is 0 Å². The summed E-state index contributed by atoms with van der Waals surface area (Å²) >= 11 is 3.40. The highest BCUT2D eigenvalue weighted by Crippen LogP contribution is 2.17. The fourth-order valence-corrected chi connectivity index (χ4v) is 1.77. The summed E-state index contributed by atoms with van der Waals surface area (Å²) in [6.45, 7) is 5.89. The van der Waals surface area contributed by atoms with Crippen molar-refractivity contribution in [1.82, 2.24) is 9.97 Å². The molecule has 17 heavy (non-hydrogen) atoms. The molecule has 1 heterocycles. The standard InChI is InChI=1S/C12H20BrN3O/c1-9(2)12-15-10(13)8-11(16-12)14-6-4-5-7-17-3/h8-9H,4-7H2,1-3H3,(H,14,15,16). The van der Waals surface area contributed by atoms with Crippen molar-refractivity contribution in [2.75, 3.05) is 25.6 Å². The molecule has 0 aliphatic heterocycles. The predicted molar refractivity (Wildman–Crippen MR) is 73.4 cm³/mol. The number of aromatic nitrogens is 2. The van der Waals surface area contributed by atoms with E-state index in [1.807, 2.05) is 6.07 Å². The average Bonchev–Trinajstić information content (AvgIpc) is 2.28. The Labute approximate surface area is 111 Å². The van der Waals surface area contributed by atoms with Crippen LogP contribution < -0.4 is 5.32 Å². The molecule has 0 amide bonds. The van der Waals surface area contributed by atoms with Crippen LogP contribution in [0, 0.1) is 0 Å². The number of hydrogen-bond donors (Lipinski definition) is 1. The quantitative estimate of drug-likeness (QED) is 0.620. The first-order valence-electron chi connectivity index (χ1n) is 5.90. The van der Waals surface area contributed by atoms with Crippen LogP contribution in [0.25, 0.3) is 0 Å². The molecule has 0 aliphatic carbocycles. The van der Waals surface area contributed by atoms with E-state index in [9.17, 15) is 0 Å². The first-order chi connectivity index (χ1) is 8.13. The first kappa shape index (κ1) is 14.4. The summed E-state index contributed by atoms with van der Waals surface area (Å²) in [6, 6.07) is 1.90. The Morgan fingerprint density at radius 3 is 2.76 bits per heavy atom. The summed E-state index contributed by atoms with van der Waals surface area (Å²) in [7, 11) is 1.73. The third-order valence-electron chi connectivity index (χ3n) is 2.31. The summed E-state index contributed by atoms with van der Waals surface area (Å²) in [5, 5.41) is 3.30. The molecule has 0 aliphatic rings. The molecule has 0 bridgehead atoms. The molecule has 1 aromatic rings. The van der Waals surface area contributed by atoms with E-state index in [0.29, 0.717) is 5.92 Å². The minimum atomic E-state index is 0.335. The minimum absolute atomic E-state index is 0.335. The number of halogens is 1. The van der Waals surface area contributed by atoms with Crippen LogP contribution in [0.4, 0.5) is 5.82 Å². The van der Waals surface area contributed by atoms with Crippen molar-refractivity contribution in [2.24, 2.45) is 0 Å². The third kappa shape index (κ3) is 5.46. The Kier molecular flexibility index (Phi) is 6.44. The zero-order chi connectivity index (χ0) is 12.7. The van der Waals surface area contributed by atoms with Crippen LogP contribution in [0.2, 0.25) is 0 Å². The Balaban J connectivity index is 2.47. The summed E-state index contributed by atoms with van der Waals surface area (Å²) in [4.78, 5) is 8.80. The van der Waals surface area contributed by atoms with E-state index < -0.39 is 0 Å². The molecule has 0 spiro atoms. The van der Waals surface area contributed by atoms with Crippen LogP contribution in [-0.4, -0.2) is 30.2 Å². The van der Waals surface area contributed by atoms with Crippen LogP contribution in [0.15, 0.2) is 10.7 Å². The molecule has 4 nitrogen and oxygen atoms in total. The summed E-state index contributed by atoms with van der Waals surface area (Å²) in [5.41, 5.74) is 0. The largest absolute Gasteiger partial charge is 0.385 e. The molecule has 0 aromatic carbocycles. The zero-order valence-electron chi connectivity index (χ0n) is 10.7. The van der Waals surface area contributed by atoms with Crippen molar-refractivity contribution >= 4 is 21.7 Å². The van der Waals surface area contributed by atoms with Gasteiger partial charge >= 0.3 is 0 Å². The minimum Gasteiger partial charge on any atom is -0.385 e. The molecule has 0 atom stereocenters. The van der Waals surface area contributed by atoms with Gasteiger partial charge in [0.15, 0.2) is 0 Å². The van der Waals surface area contributed by atoms with Gasteiger partial charge in [-0.2, -0.15) is 0 Å². The van der Waals surface area contributed by atoms with Gasteiger partial charge in [0.2, 0.25) is 0 Å². The number of unbranched alkanes of at least 4 members (excludes halogenated alkanes) is 1. The summed E-state index contributed by atoms with van der Waals surface area (Å²) < 4.78 is 5.83. The fourth-order valence-electron chi connectivity index (χ4n) is 1.37. The maximum absolute atomic E-state index is 5.00. The topological polar surface area (TPSA) is 47.0 Å². The van der Waals surface area contributed by atoms with E-state index in [0.717, 1.165) is 42.2 Å². The van der Waals surface area contributed by atoms with E-state index in [4.69, 9.17) is 4.74 Å². The molecule has 1 N–H and O–H groups in total. The molecular weight excluding hydrogens is 282 g/mol. The zero-order valence-corrected chi connectivity index (χ0v) is 12.2. The van der Waals surface area contributed by atoms with Gasteiger partial charge in [0.05, 0.1) is 0 Å². The Bertz CT molecular complexity index is 345. The number of methoxy groups -OCH3 is 1. The van der Waals surface area contributed by atoms with Crippen molar-refractivity contribution in [3.8, 4) is 0 Å². The SMILES string of the molecule is COCCCCNc1cc(Br)nc(C(C)C)n1. The second kappa shape index (κ2) is 7.61. The number of nitrogens with zero attached hydrogens (tertiary/aromatic N) is 2. The van der Waals surface area contributed by atoms with Crippen LogP contribution in [0.1, 0.15) is 38.4 Å². The van der Waals surface area contributed by atoms with Gasteiger partial charge in [-0.1, -0.05) is 13.8 Å². The Morgan fingerprint density at radius 2 is 2.12 bits per heavy atom. The number of anilines is 1. The van der Waals surface area contributed by atoms with E-state index in [1.54, 1.807) is 7.11 Å². The van der Waals surface area contributed by atoms with Crippen LogP contribution in [0.5, 0.6) is 0 Å². The van der Waals surface area contributed by atoms with Gasteiger partial charge in [-0.05, 0) is 28.8 Å². The van der Waals surface area contributed by atoms with Crippen molar-refractivity contribution < 1.29 is 4.74 Å². The third-order valence-corrected chi connectivity index (χ3v) is 2.72.